The summed E-state index contributed by atoms with van der Waals surface area (Å²) in [7, 11) is 0. The number of nitrogens with zero attached hydrogens (tertiary/aromatic N) is 3. The molecule has 8 aromatic carbocycles. The van der Waals surface area contributed by atoms with Gasteiger partial charge < -0.3 is 9.13 Å². The van der Waals surface area contributed by atoms with Gasteiger partial charge in [0.25, 0.3) is 0 Å². The standard InChI is InChI=1S/C49H27N3S2/c1-50-39-17-8-14-35-36-16-10-21-45(49(36)54-47(35)39)52-41-19-6-3-12-32(41)38-28-30(24-26-43(38)52)29-23-25-42-37(27-29)31-11-2-5-18-40(31)51(42)44-20-9-15-34-33-13-4-7-22-46(33)53-48(34)44/h2-28H. The molecule has 0 saturated heterocycles. The molecular weight excluding hydrogens is 695 g/mol. The Morgan fingerprint density at radius 3 is 1.44 bits per heavy atom. The van der Waals surface area contributed by atoms with Crippen LogP contribution >= 0.6 is 22.7 Å². The van der Waals surface area contributed by atoms with E-state index in [9.17, 15) is 0 Å². The number of thiophene rings is 2. The normalized spacial score (nSPS) is 12.1. The molecule has 0 atom stereocenters. The van der Waals surface area contributed by atoms with Crippen LogP contribution in [0, 0.1) is 6.57 Å². The second-order valence-corrected chi connectivity index (χ2v) is 16.0. The van der Waals surface area contributed by atoms with E-state index in [1.165, 1.54) is 90.7 Å². The lowest BCUT2D eigenvalue weighted by Gasteiger charge is -2.11. The molecule has 4 aromatic heterocycles. The van der Waals surface area contributed by atoms with Crippen molar-refractivity contribution >= 4 is 112 Å². The highest BCUT2D eigenvalue weighted by molar-refractivity contribution is 7.27. The lowest BCUT2D eigenvalue weighted by atomic mass is 10.0. The van der Waals surface area contributed by atoms with Crippen LogP contribution in [0.1, 0.15) is 0 Å². The Labute approximate surface area is 317 Å². The van der Waals surface area contributed by atoms with Gasteiger partial charge in [0.15, 0.2) is 0 Å². The maximum Gasteiger partial charge on any atom is 0.204 e. The van der Waals surface area contributed by atoms with Gasteiger partial charge >= 0.3 is 0 Å². The predicted octanol–water partition coefficient (Wildman–Crippen LogP) is 14.8. The zero-order chi connectivity index (χ0) is 35.5. The first kappa shape index (κ1) is 29.8. The van der Waals surface area contributed by atoms with Gasteiger partial charge in [0.05, 0.1) is 49.4 Å². The minimum Gasteiger partial charge on any atom is -0.308 e. The molecule has 0 aliphatic carbocycles. The Balaban J connectivity index is 1.06. The molecule has 0 unspecified atom stereocenters. The van der Waals surface area contributed by atoms with Gasteiger partial charge in [-0.15, -0.1) is 22.7 Å². The Morgan fingerprint density at radius 1 is 0.370 bits per heavy atom. The maximum absolute atomic E-state index is 7.80. The lowest BCUT2D eigenvalue weighted by molar-refractivity contribution is 1.20. The molecule has 54 heavy (non-hydrogen) atoms. The second-order valence-electron chi connectivity index (χ2n) is 13.9. The summed E-state index contributed by atoms with van der Waals surface area (Å²) in [6, 6.07) is 59.5. The maximum atomic E-state index is 7.80. The fraction of sp³-hybridized carbons (Fsp3) is 0. The Bertz CT molecular complexity index is 3590. The van der Waals surface area contributed by atoms with E-state index in [0.29, 0.717) is 5.69 Å². The molecule has 0 fully saturated rings. The topological polar surface area (TPSA) is 14.2 Å². The van der Waals surface area contributed by atoms with E-state index < -0.39 is 0 Å². The van der Waals surface area contributed by atoms with Crippen LogP contribution in [0.25, 0.3) is 111 Å². The van der Waals surface area contributed by atoms with Crippen LogP contribution in [0.5, 0.6) is 0 Å². The number of fused-ring (bicyclic) bond motifs is 12. The Morgan fingerprint density at radius 2 is 0.833 bits per heavy atom. The number of hydrogen-bond acceptors (Lipinski definition) is 2. The molecule has 0 spiro atoms. The van der Waals surface area contributed by atoms with Crippen molar-refractivity contribution < 1.29 is 0 Å². The van der Waals surface area contributed by atoms with Crippen LogP contribution in [0.2, 0.25) is 0 Å². The summed E-state index contributed by atoms with van der Waals surface area (Å²) >= 11 is 3.60. The first-order chi connectivity index (χ1) is 26.7. The van der Waals surface area contributed by atoms with Crippen LogP contribution in [0.3, 0.4) is 0 Å². The predicted molar refractivity (Wildman–Crippen MR) is 233 cm³/mol. The van der Waals surface area contributed by atoms with Crippen LogP contribution in [-0.4, -0.2) is 9.13 Å². The first-order valence-electron chi connectivity index (χ1n) is 18.0. The molecule has 0 amide bonds. The summed E-state index contributed by atoms with van der Waals surface area (Å²) in [6.07, 6.45) is 0. The van der Waals surface area contributed by atoms with Crippen molar-refractivity contribution in [3.05, 3.63) is 175 Å². The van der Waals surface area contributed by atoms with Gasteiger partial charge in [-0.25, -0.2) is 4.85 Å². The van der Waals surface area contributed by atoms with Gasteiger partial charge in [0, 0.05) is 47.1 Å². The molecule has 0 bridgehead atoms. The summed E-state index contributed by atoms with van der Waals surface area (Å²) in [6.45, 7) is 7.80. The first-order valence-corrected chi connectivity index (χ1v) is 19.7. The quantitative estimate of drug-likeness (QED) is 0.161. The molecular formula is C49H27N3S2. The molecule has 0 N–H and O–H groups in total. The van der Waals surface area contributed by atoms with Gasteiger partial charge in [-0.3, -0.25) is 0 Å². The van der Waals surface area contributed by atoms with Crippen LogP contribution in [-0.2, 0) is 0 Å². The zero-order valence-electron chi connectivity index (χ0n) is 28.7. The number of hydrogen-bond donors (Lipinski definition) is 0. The molecule has 0 saturated carbocycles. The summed E-state index contributed by atoms with van der Waals surface area (Å²) in [4.78, 5) is 3.85. The molecule has 5 heteroatoms. The summed E-state index contributed by atoms with van der Waals surface area (Å²) in [5, 5.41) is 9.91. The Hall–Kier alpha value is -6.71. The van der Waals surface area contributed by atoms with Crippen molar-refractivity contribution in [2.75, 3.05) is 0 Å². The van der Waals surface area contributed by atoms with Crippen molar-refractivity contribution in [1.29, 1.82) is 0 Å². The van der Waals surface area contributed by atoms with Crippen LogP contribution in [0.15, 0.2) is 164 Å². The number of para-hydroxylation sites is 2. The summed E-state index contributed by atoms with van der Waals surface area (Å²) in [5.41, 5.74) is 10.2. The third-order valence-corrected chi connectivity index (χ3v) is 13.6. The van der Waals surface area contributed by atoms with Crippen LogP contribution < -0.4 is 0 Å². The molecule has 4 heterocycles. The SMILES string of the molecule is [C-]#[N+]c1cccc2c1sc1c(-n3c4ccccc4c4cc(-c5ccc6c(c5)c5ccccc5n6-c5cccc6c5sc5ccccc56)ccc43)cccc12. The molecule has 3 nitrogen and oxygen atoms in total. The average molecular weight is 722 g/mol. The molecule has 0 aliphatic rings. The minimum atomic E-state index is 0.712. The minimum absolute atomic E-state index is 0.712. The van der Waals surface area contributed by atoms with Gasteiger partial charge in [-0.2, -0.15) is 0 Å². The van der Waals surface area contributed by atoms with E-state index >= 15 is 0 Å². The average Bonchev–Trinajstić information content (AvgIpc) is 3.98. The van der Waals surface area contributed by atoms with E-state index in [1.54, 1.807) is 11.3 Å². The largest absolute Gasteiger partial charge is 0.308 e. The number of rotatable bonds is 3. The van der Waals surface area contributed by atoms with Gasteiger partial charge in [-0.1, -0.05) is 109 Å². The fourth-order valence-corrected chi connectivity index (χ4v) is 11.3. The summed E-state index contributed by atoms with van der Waals surface area (Å²) < 4.78 is 9.74. The van der Waals surface area contributed by atoms with Gasteiger partial charge in [0.1, 0.15) is 0 Å². The molecule has 0 radical (unpaired) electrons. The van der Waals surface area contributed by atoms with E-state index in [0.717, 1.165) is 15.8 Å². The summed E-state index contributed by atoms with van der Waals surface area (Å²) in [5.74, 6) is 0. The lowest BCUT2D eigenvalue weighted by Crippen LogP contribution is -1.94. The van der Waals surface area contributed by atoms with Gasteiger partial charge in [-0.05, 0) is 71.1 Å². The zero-order valence-corrected chi connectivity index (χ0v) is 30.4. The van der Waals surface area contributed by atoms with Crippen LogP contribution in [0.4, 0.5) is 5.69 Å². The van der Waals surface area contributed by atoms with E-state index in [1.807, 2.05) is 23.5 Å². The third-order valence-electron chi connectivity index (χ3n) is 11.1. The third kappa shape index (κ3) is 4.04. The van der Waals surface area contributed by atoms with E-state index in [-0.39, 0.29) is 0 Å². The highest BCUT2D eigenvalue weighted by atomic mass is 32.1. The highest BCUT2D eigenvalue weighted by Crippen LogP contribution is 2.45. The highest BCUT2D eigenvalue weighted by Gasteiger charge is 2.20. The van der Waals surface area contributed by atoms with E-state index in [2.05, 4.69) is 166 Å². The van der Waals surface area contributed by atoms with Crippen molar-refractivity contribution in [3.8, 4) is 22.5 Å². The Kier molecular flexibility index (Phi) is 6.16. The number of aromatic nitrogens is 2. The van der Waals surface area contributed by atoms with Gasteiger partial charge in [0.2, 0.25) is 5.69 Å². The van der Waals surface area contributed by atoms with Crippen molar-refractivity contribution in [2.45, 2.75) is 0 Å². The van der Waals surface area contributed by atoms with Crippen molar-refractivity contribution in [1.82, 2.24) is 9.13 Å². The molecule has 12 aromatic rings. The van der Waals surface area contributed by atoms with Crippen molar-refractivity contribution in [3.63, 3.8) is 0 Å². The molecule has 0 aliphatic heterocycles. The second kappa shape index (κ2) is 11.1. The number of benzene rings is 8. The molecule has 250 valence electrons. The smallest absolute Gasteiger partial charge is 0.204 e. The monoisotopic (exact) mass is 721 g/mol. The molecule has 12 rings (SSSR count). The van der Waals surface area contributed by atoms with Crippen molar-refractivity contribution in [2.24, 2.45) is 0 Å². The van der Waals surface area contributed by atoms with E-state index in [4.69, 9.17) is 6.57 Å². The fourth-order valence-electron chi connectivity index (χ4n) is 8.79.